The minimum Gasteiger partial charge on any atom is -0.481 e. The fraction of sp³-hybridized carbons (Fsp3) is 0.104. The molecule has 54 heavy (non-hydrogen) atoms. The van der Waals surface area contributed by atoms with Crippen LogP contribution in [-0.4, -0.2) is 17.2 Å². The second-order valence-corrected chi connectivity index (χ2v) is 14.9. The lowest BCUT2D eigenvalue weighted by molar-refractivity contribution is 0.0696. The summed E-state index contributed by atoms with van der Waals surface area (Å²) in [6.07, 6.45) is 5.82. The van der Waals surface area contributed by atoms with Gasteiger partial charge in [-0.3, -0.25) is 0 Å². The van der Waals surface area contributed by atoms with Crippen molar-refractivity contribution in [2.75, 3.05) is 9.80 Å². The highest BCUT2D eigenvalue weighted by molar-refractivity contribution is 9.10. The zero-order chi connectivity index (χ0) is 37.5. The van der Waals surface area contributed by atoms with E-state index in [2.05, 4.69) is 187 Å². The molecule has 1 aliphatic heterocycles. The molecule has 6 aromatic rings. The summed E-state index contributed by atoms with van der Waals surface area (Å²) < 4.78 is 7.71. The standard InChI is InChI=1S/C48H39BrN2O3/c1-30-5-14-35(15-6-30)50(36-16-7-31(2)8-17-36)39-22-25-42-45(28-39)54-46-29-40(23-26-43(46)47(42)41-24-13-34(49)27-44(41)48(52)53)51(37-18-9-32(3)10-19-37)38-20-11-33(4)12-21-38/h5-29,45H,1-4H3,(H,52,53). The Balaban J connectivity index is 1.31. The zero-order valence-electron chi connectivity index (χ0n) is 30.5. The molecule has 0 bridgehead atoms. The summed E-state index contributed by atoms with van der Waals surface area (Å²) in [7, 11) is 0. The van der Waals surface area contributed by atoms with Gasteiger partial charge in [0.2, 0.25) is 0 Å². The number of carbonyl (C=O) groups is 1. The Morgan fingerprint density at radius 3 is 1.54 bits per heavy atom. The Hall–Kier alpha value is -6.11. The van der Waals surface area contributed by atoms with E-state index in [0.717, 1.165) is 50.8 Å². The molecule has 1 aliphatic carbocycles. The normalized spacial score (nSPS) is 14.5. The van der Waals surface area contributed by atoms with Crippen LogP contribution in [0.15, 0.2) is 167 Å². The van der Waals surface area contributed by atoms with E-state index in [4.69, 9.17) is 4.74 Å². The van der Waals surface area contributed by atoms with Crippen LogP contribution in [0.25, 0.3) is 5.57 Å². The van der Waals surface area contributed by atoms with Crippen LogP contribution in [-0.2, 0) is 0 Å². The molecule has 0 amide bonds. The van der Waals surface area contributed by atoms with Crippen molar-refractivity contribution in [1.82, 2.24) is 0 Å². The van der Waals surface area contributed by atoms with Crippen LogP contribution in [0.1, 0.15) is 43.7 Å². The van der Waals surface area contributed by atoms with E-state index in [1.165, 1.54) is 22.3 Å². The minimum atomic E-state index is -0.994. The number of benzene rings is 6. The molecular formula is C48H39BrN2O3. The van der Waals surface area contributed by atoms with Gasteiger partial charge in [-0.1, -0.05) is 98.9 Å². The molecule has 0 saturated carbocycles. The van der Waals surface area contributed by atoms with Crippen LogP contribution in [0.2, 0.25) is 0 Å². The summed E-state index contributed by atoms with van der Waals surface area (Å²) in [4.78, 5) is 17.2. The number of halogens is 1. The lowest BCUT2D eigenvalue weighted by Crippen LogP contribution is -2.28. The number of hydrogen-bond acceptors (Lipinski definition) is 4. The van der Waals surface area contributed by atoms with Gasteiger partial charge in [0, 0.05) is 61.4 Å². The van der Waals surface area contributed by atoms with Gasteiger partial charge in [-0.25, -0.2) is 4.79 Å². The monoisotopic (exact) mass is 770 g/mol. The molecule has 0 aromatic heterocycles. The Bertz CT molecular complexity index is 2390. The van der Waals surface area contributed by atoms with Crippen LogP contribution in [0.5, 0.6) is 5.75 Å². The zero-order valence-corrected chi connectivity index (χ0v) is 32.1. The van der Waals surface area contributed by atoms with Crippen LogP contribution in [0, 0.1) is 27.7 Å². The third kappa shape index (κ3) is 6.77. The number of fused-ring (bicyclic) bond motifs is 2. The van der Waals surface area contributed by atoms with Crippen molar-refractivity contribution in [2.24, 2.45) is 0 Å². The lowest BCUT2D eigenvalue weighted by Gasteiger charge is -2.35. The van der Waals surface area contributed by atoms with Crippen LogP contribution >= 0.6 is 15.9 Å². The second kappa shape index (κ2) is 14.4. The van der Waals surface area contributed by atoms with Gasteiger partial charge >= 0.3 is 5.97 Å². The fourth-order valence-corrected chi connectivity index (χ4v) is 7.53. The Kier molecular flexibility index (Phi) is 9.30. The molecule has 6 heteroatoms. The fourth-order valence-electron chi connectivity index (χ4n) is 7.17. The molecule has 1 N–H and O–H groups in total. The van der Waals surface area contributed by atoms with Gasteiger partial charge in [-0.05, 0) is 118 Å². The van der Waals surface area contributed by atoms with Crippen LogP contribution in [0.4, 0.5) is 28.4 Å². The number of rotatable bonds is 8. The highest BCUT2D eigenvalue weighted by atomic mass is 79.9. The topological polar surface area (TPSA) is 53.0 Å². The maximum Gasteiger partial charge on any atom is 0.336 e. The van der Waals surface area contributed by atoms with E-state index in [0.29, 0.717) is 15.8 Å². The molecular weight excluding hydrogens is 732 g/mol. The first-order chi connectivity index (χ1) is 26.1. The van der Waals surface area contributed by atoms with Gasteiger partial charge < -0.3 is 19.6 Å². The number of carboxylic acid groups (broad SMARTS) is 1. The average Bonchev–Trinajstić information content (AvgIpc) is 3.17. The number of carboxylic acids is 1. The van der Waals surface area contributed by atoms with Crippen molar-refractivity contribution in [3.63, 3.8) is 0 Å². The third-order valence-corrected chi connectivity index (χ3v) is 10.5. The van der Waals surface area contributed by atoms with Crippen molar-refractivity contribution in [2.45, 2.75) is 33.8 Å². The summed E-state index contributed by atoms with van der Waals surface area (Å²) >= 11 is 3.51. The molecule has 1 heterocycles. The molecule has 2 aliphatic rings. The van der Waals surface area contributed by atoms with Crippen LogP contribution in [0.3, 0.4) is 0 Å². The van der Waals surface area contributed by atoms with Gasteiger partial charge in [-0.2, -0.15) is 0 Å². The van der Waals surface area contributed by atoms with Crippen LogP contribution < -0.4 is 14.5 Å². The van der Waals surface area contributed by atoms with Gasteiger partial charge in [0.15, 0.2) is 0 Å². The predicted octanol–water partition coefficient (Wildman–Crippen LogP) is 12.7. The molecule has 0 spiro atoms. The largest absolute Gasteiger partial charge is 0.481 e. The summed E-state index contributed by atoms with van der Waals surface area (Å²) in [5.74, 6) is -0.325. The SMILES string of the molecule is Cc1ccc(N(C2=CC3Oc4cc(N(c5ccc(C)cc5)c5ccc(C)cc5)ccc4C(c4ccc(Br)cc4C(=O)O)=C3C=C2)c2ccc(C)cc2)cc1. The van der Waals surface area contributed by atoms with Crippen molar-refractivity contribution >= 4 is 55.9 Å². The van der Waals surface area contributed by atoms with E-state index in [9.17, 15) is 9.90 Å². The maximum atomic E-state index is 12.8. The molecule has 5 nitrogen and oxygen atoms in total. The van der Waals surface area contributed by atoms with Gasteiger partial charge in [0.05, 0.1) is 5.56 Å². The van der Waals surface area contributed by atoms with Crippen molar-refractivity contribution in [3.05, 3.63) is 206 Å². The summed E-state index contributed by atoms with van der Waals surface area (Å²) in [5.41, 5.74) is 14.1. The van der Waals surface area contributed by atoms with E-state index in [1.54, 1.807) is 6.07 Å². The molecule has 266 valence electrons. The molecule has 1 unspecified atom stereocenters. The van der Waals surface area contributed by atoms with Gasteiger partial charge in [0.25, 0.3) is 0 Å². The van der Waals surface area contributed by atoms with E-state index in [-0.39, 0.29) is 5.56 Å². The molecule has 1 atom stereocenters. The third-order valence-electron chi connectivity index (χ3n) is 10.0. The molecule has 6 aromatic carbocycles. The highest BCUT2D eigenvalue weighted by Crippen LogP contribution is 2.47. The van der Waals surface area contributed by atoms with Crippen molar-refractivity contribution in [1.29, 1.82) is 0 Å². The minimum absolute atomic E-state index is 0.215. The number of ether oxygens (including phenoxy) is 1. The van der Waals surface area contributed by atoms with E-state index in [1.807, 2.05) is 12.1 Å². The number of allylic oxidation sites excluding steroid dienone is 1. The predicted molar refractivity (Wildman–Crippen MR) is 224 cm³/mol. The first kappa shape index (κ1) is 34.9. The Morgan fingerprint density at radius 1 is 0.574 bits per heavy atom. The average molecular weight is 772 g/mol. The van der Waals surface area contributed by atoms with Gasteiger partial charge in [-0.15, -0.1) is 0 Å². The van der Waals surface area contributed by atoms with Crippen molar-refractivity contribution in [3.8, 4) is 5.75 Å². The summed E-state index contributed by atoms with van der Waals surface area (Å²) in [5, 5.41) is 10.5. The summed E-state index contributed by atoms with van der Waals surface area (Å²) in [6, 6.07) is 45.7. The van der Waals surface area contributed by atoms with E-state index < -0.39 is 12.1 Å². The molecule has 0 fully saturated rings. The number of nitrogens with zero attached hydrogens (tertiary/aromatic N) is 2. The number of hydrogen-bond donors (Lipinski definition) is 1. The highest BCUT2D eigenvalue weighted by Gasteiger charge is 2.33. The lowest BCUT2D eigenvalue weighted by atomic mass is 9.83. The molecule has 0 radical (unpaired) electrons. The van der Waals surface area contributed by atoms with E-state index >= 15 is 0 Å². The maximum absolute atomic E-state index is 12.8. The quantitative estimate of drug-likeness (QED) is 0.167. The number of anilines is 5. The number of aromatic carboxylic acids is 1. The van der Waals surface area contributed by atoms with Gasteiger partial charge in [0.1, 0.15) is 11.9 Å². The first-order valence-electron chi connectivity index (χ1n) is 18.0. The second-order valence-electron chi connectivity index (χ2n) is 14.0. The first-order valence-corrected chi connectivity index (χ1v) is 18.8. The Labute approximate surface area is 324 Å². The molecule has 8 rings (SSSR count). The molecule has 0 saturated heterocycles. The smallest absolute Gasteiger partial charge is 0.336 e. The summed E-state index contributed by atoms with van der Waals surface area (Å²) in [6.45, 7) is 8.36. The van der Waals surface area contributed by atoms with Crippen molar-refractivity contribution < 1.29 is 14.6 Å². The number of aryl methyl sites for hydroxylation is 4. The Morgan fingerprint density at radius 2 is 1.04 bits per heavy atom.